The molecule has 0 aliphatic carbocycles. The molecule has 0 aromatic heterocycles. The van der Waals surface area contributed by atoms with Gasteiger partial charge in [-0.1, -0.05) is 44.2 Å². The number of hydrogen-bond acceptors (Lipinski definition) is 3. The number of carbonyl (C=O) groups excluding carboxylic acids is 1. The van der Waals surface area contributed by atoms with Gasteiger partial charge in [-0.15, -0.1) is 0 Å². The number of hydrogen-bond donors (Lipinski definition) is 1. The molecule has 0 unspecified atom stereocenters. The number of carbonyl (C=O) groups is 1. The third kappa shape index (κ3) is 4.54. The van der Waals surface area contributed by atoms with Gasteiger partial charge in [0.2, 0.25) is 15.9 Å². The van der Waals surface area contributed by atoms with Gasteiger partial charge in [0.15, 0.2) is 0 Å². The smallest absolute Gasteiger partial charge is 0.235 e. The van der Waals surface area contributed by atoms with E-state index in [1.165, 1.54) is 4.31 Å². The number of nitrogens with one attached hydrogen (secondary N) is 1. The van der Waals surface area contributed by atoms with Crippen molar-refractivity contribution in [1.82, 2.24) is 9.62 Å². The van der Waals surface area contributed by atoms with E-state index in [9.17, 15) is 13.2 Å². The van der Waals surface area contributed by atoms with Crippen molar-refractivity contribution in [2.75, 3.05) is 18.8 Å². The van der Waals surface area contributed by atoms with Gasteiger partial charge in [0.05, 0.1) is 12.3 Å². The molecular formula is C15H22N2O3S. The molecule has 1 saturated heterocycles. The van der Waals surface area contributed by atoms with Crippen LogP contribution >= 0.6 is 0 Å². The SMILES string of the molecule is CC(C)CS(=O)(=O)N1CC(=O)N[C@@H](Cc2ccccc2)C1. The zero-order valence-electron chi connectivity index (χ0n) is 12.5. The predicted molar refractivity (Wildman–Crippen MR) is 82.3 cm³/mol. The molecule has 1 N–H and O–H groups in total. The van der Waals surface area contributed by atoms with Crippen LogP contribution in [0.15, 0.2) is 30.3 Å². The first-order valence-corrected chi connectivity index (χ1v) is 8.79. The predicted octanol–water partition coefficient (Wildman–Crippen LogP) is 1.02. The molecule has 0 spiro atoms. The normalized spacial score (nSPS) is 20.5. The molecule has 5 nitrogen and oxygen atoms in total. The van der Waals surface area contributed by atoms with E-state index in [2.05, 4.69) is 5.32 Å². The van der Waals surface area contributed by atoms with Crippen LogP contribution in [0.2, 0.25) is 0 Å². The molecule has 2 rings (SSSR count). The molecule has 1 aliphatic heterocycles. The summed E-state index contributed by atoms with van der Waals surface area (Å²) >= 11 is 0. The Morgan fingerprint density at radius 1 is 1.29 bits per heavy atom. The average molecular weight is 310 g/mol. The molecule has 1 amide bonds. The highest BCUT2D eigenvalue weighted by molar-refractivity contribution is 7.89. The van der Waals surface area contributed by atoms with Crippen LogP contribution in [0.3, 0.4) is 0 Å². The van der Waals surface area contributed by atoms with Gasteiger partial charge in [-0.05, 0) is 17.9 Å². The maximum Gasteiger partial charge on any atom is 0.235 e. The Kier molecular flexibility index (Phi) is 5.00. The Morgan fingerprint density at radius 3 is 2.57 bits per heavy atom. The third-order valence-corrected chi connectivity index (χ3v) is 5.52. The van der Waals surface area contributed by atoms with Crippen molar-refractivity contribution in [1.29, 1.82) is 0 Å². The standard InChI is InChI=1S/C15H22N2O3S/c1-12(2)11-21(19,20)17-9-14(16-15(18)10-17)8-13-6-4-3-5-7-13/h3-7,12,14H,8-11H2,1-2H3,(H,16,18)/t14-/m0/s1. The van der Waals surface area contributed by atoms with Gasteiger partial charge in [0.25, 0.3) is 0 Å². The maximum atomic E-state index is 12.3. The molecule has 1 fully saturated rings. The Labute approximate surface area is 126 Å². The minimum absolute atomic E-state index is 0.0487. The van der Waals surface area contributed by atoms with E-state index < -0.39 is 10.0 Å². The summed E-state index contributed by atoms with van der Waals surface area (Å²) in [6, 6.07) is 9.60. The second-order valence-corrected chi connectivity index (χ2v) is 7.93. The van der Waals surface area contributed by atoms with E-state index in [0.29, 0.717) is 13.0 Å². The van der Waals surface area contributed by atoms with Crippen LogP contribution in [0, 0.1) is 5.92 Å². The maximum absolute atomic E-state index is 12.3. The van der Waals surface area contributed by atoms with Crippen LogP contribution in [0.25, 0.3) is 0 Å². The lowest BCUT2D eigenvalue weighted by Crippen LogP contribution is -2.56. The largest absolute Gasteiger partial charge is 0.351 e. The molecule has 6 heteroatoms. The van der Waals surface area contributed by atoms with Crippen LogP contribution in [0.4, 0.5) is 0 Å². The van der Waals surface area contributed by atoms with E-state index >= 15 is 0 Å². The Bertz CT molecular complexity index is 584. The fourth-order valence-corrected chi connectivity index (χ4v) is 4.32. The lowest BCUT2D eigenvalue weighted by atomic mass is 10.0. The molecule has 1 aromatic rings. The molecule has 1 atom stereocenters. The summed E-state index contributed by atoms with van der Waals surface area (Å²) in [7, 11) is -3.37. The molecular weight excluding hydrogens is 288 g/mol. The van der Waals surface area contributed by atoms with Gasteiger partial charge in [0.1, 0.15) is 0 Å². The minimum atomic E-state index is -3.37. The lowest BCUT2D eigenvalue weighted by molar-refractivity contribution is -0.123. The first-order valence-electron chi connectivity index (χ1n) is 7.18. The minimum Gasteiger partial charge on any atom is -0.351 e. The Hall–Kier alpha value is -1.40. The van der Waals surface area contributed by atoms with Gasteiger partial charge >= 0.3 is 0 Å². The molecule has 116 valence electrons. The van der Waals surface area contributed by atoms with Crippen molar-refractivity contribution in [3.8, 4) is 0 Å². The van der Waals surface area contributed by atoms with E-state index in [-0.39, 0.29) is 30.2 Å². The average Bonchev–Trinajstić information content (AvgIpc) is 2.37. The van der Waals surface area contributed by atoms with Crippen molar-refractivity contribution < 1.29 is 13.2 Å². The third-order valence-electron chi connectivity index (χ3n) is 3.37. The second-order valence-electron chi connectivity index (χ2n) is 5.92. The summed E-state index contributed by atoms with van der Waals surface area (Å²) in [5, 5.41) is 2.88. The molecule has 0 radical (unpaired) electrons. The van der Waals surface area contributed by atoms with E-state index in [4.69, 9.17) is 0 Å². The zero-order valence-corrected chi connectivity index (χ0v) is 13.3. The molecule has 0 bridgehead atoms. The highest BCUT2D eigenvalue weighted by Gasteiger charge is 2.32. The number of nitrogens with zero attached hydrogens (tertiary/aromatic N) is 1. The number of amides is 1. The highest BCUT2D eigenvalue weighted by atomic mass is 32.2. The fraction of sp³-hybridized carbons (Fsp3) is 0.533. The van der Waals surface area contributed by atoms with E-state index in [0.717, 1.165) is 5.56 Å². The molecule has 1 aliphatic rings. The second kappa shape index (κ2) is 6.58. The van der Waals surface area contributed by atoms with Gasteiger partial charge in [0, 0.05) is 12.6 Å². The van der Waals surface area contributed by atoms with Crippen molar-refractivity contribution >= 4 is 15.9 Å². The number of sulfonamides is 1. The van der Waals surface area contributed by atoms with Gasteiger partial charge in [-0.3, -0.25) is 4.79 Å². The van der Waals surface area contributed by atoms with Crippen molar-refractivity contribution in [3.63, 3.8) is 0 Å². The summed E-state index contributed by atoms with van der Waals surface area (Å²) in [4.78, 5) is 11.8. The van der Waals surface area contributed by atoms with Crippen LogP contribution in [0.1, 0.15) is 19.4 Å². The van der Waals surface area contributed by atoms with Crippen LogP contribution in [-0.4, -0.2) is 43.5 Å². The Balaban J connectivity index is 2.07. The molecule has 0 saturated carbocycles. The van der Waals surface area contributed by atoms with Crippen LogP contribution < -0.4 is 5.32 Å². The van der Waals surface area contributed by atoms with Crippen molar-refractivity contribution in [2.45, 2.75) is 26.3 Å². The monoisotopic (exact) mass is 310 g/mol. The molecule has 1 aromatic carbocycles. The number of benzene rings is 1. The van der Waals surface area contributed by atoms with Gasteiger partial charge < -0.3 is 5.32 Å². The summed E-state index contributed by atoms with van der Waals surface area (Å²) in [5.41, 5.74) is 1.09. The van der Waals surface area contributed by atoms with E-state index in [1.54, 1.807) is 0 Å². The molecule has 1 heterocycles. The van der Waals surface area contributed by atoms with Gasteiger partial charge in [-0.25, -0.2) is 8.42 Å². The van der Waals surface area contributed by atoms with Crippen LogP contribution in [0.5, 0.6) is 0 Å². The fourth-order valence-electron chi connectivity index (χ4n) is 2.54. The number of piperazine rings is 1. The topological polar surface area (TPSA) is 66.5 Å². The van der Waals surface area contributed by atoms with Gasteiger partial charge in [-0.2, -0.15) is 4.31 Å². The summed E-state index contributed by atoms with van der Waals surface area (Å²) < 4.78 is 25.9. The van der Waals surface area contributed by atoms with E-state index in [1.807, 2.05) is 44.2 Å². The lowest BCUT2D eigenvalue weighted by Gasteiger charge is -2.32. The van der Waals surface area contributed by atoms with Crippen molar-refractivity contribution in [2.24, 2.45) is 5.92 Å². The quantitative estimate of drug-likeness (QED) is 0.883. The summed E-state index contributed by atoms with van der Waals surface area (Å²) in [6.07, 6.45) is 0.639. The zero-order chi connectivity index (χ0) is 15.5. The first kappa shape index (κ1) is 16.0. The van der Waals surface area contributed by atoms with Crippen molar-refractivity contribution in [3.05, 3.63) is 35.9 Å². The summed E-state index contributed by atoms with van der Waals surface area (Å²) in [5.74, 6) is -0.0970. The number of rotatable bonds is 5. The first-order chi connectivity index (χ1) is 9.87. The Morgan fingerprint density at radius 2 is 1.95 bits per heavy atom. The summed E-state index contributed by atoms with van der Waals surface area (Å²) in [6.45, 7) is 4.00. The van der Waals surface area contributed by atoms with Crippen LogP contribution in [-0.2, 0) is 21.2 Å². The highest BCUT2D eigenvalue weighted by Crippen LogP contribution is 2.13. The molecule has 21 heavy (non-hydrogen) atoms.